The second kappa shape index (κ2) is 7.33. The van der Waals surface area contributed by atoms with E-state index in [4.69, 9.17) is 5.11 Å². The number of rotatable bonds is 5. The number of urea groups is 1. The van der Waals surface area contributed by atoms with E-state index in [2.05, 4.69) is 10.2 Å². The van der Waals surface area contributed by atoms with E-state index in [1.807, 2.05) is 21.0 Å². The van der Waals surface area contributed by atoms with Gasteiger partial charge in [-0.2, -0.15) is 0 Å². The summed E-state index contributed by atoms with van der Waals surface area (Å²) in [6.45, 7) is 3.86. The molecule has 0 aromatic rings. The average molecular weight is 271 g/mol. The van der Waals surface area contributed by atoms with Crippen LogP contribution in [0.2, 0.25) is 0 Å². The highest BCUT2D eigenvalue weighted by atomic mass is 16.4. The summed E-state index contributed by atoms with van der Waals surface area (Å²) in [4.78, 5) is 26.7. The molecule has 6 heteroatoms. The van der Waals surface area contributed by atoms with E-state index in [1.165, 1.54) is 0 Å². The van der Waals surface area contributed by atoms with Gasteiger partial charge in [0.1, 0.15) is 0 Å². The molecule has 0 saturated carbocycles. The number of piperidine rings is 1. The van der Waals surface area contributed by atoms with Crippen LogP contribution in [0.15, 0.2) is 0 Å². The molecule has 2 N–H and O–H groups in total. The summed E-state index contributed by atoms with van der Waals surface area (Å²) in [5.41, 5.74) is 0. The number of aliphatic carboxylic acids is 1. The number of carbonyl (C=O) groups excluding carboxylic acids is 1. The highest BCUT2D eigenvalue weighted by Gasteiger charge is 2.28. The second-order valence-corrected chi connectivity index (χ2v) is 5.57. The van der Waals surface area contributed by atoms with Gasteiger partial charge in [0.25, 0.3) is 0 Å². The van der Waals surface area contributed by atoms with Gasteiger partial charge in [-0.1, -0.05) is 0 Å². The van der Waals surface area contributed by atoms with Crippen molar-refractivity contribution in [2.75, 3.05) is 33.7 Å². The van der Waals surface area contributed by atoms with Crippen molar-refractivity contribution in [2.45, 2.75) is 32.2 Å². The van der Waals surface area contributed by atoms with Crippen molar-refractivity contribution in [2.24, 2.45) is 5.92 Å². The minimum Gasteiger partial charge on any atom is -0.481 e. The molecule has 2 amide bonds. The largest absolute Gasteiger partial charge is 0.481 e. The van der Waals surface area contributed by atoms with E-state index >= 15 is 0 Å². The lowest BCUT2D eigenvalue weighted by Gasteiger charge is -2.31. The van der Waals surface area contributed by atoms with Crippen LogP contribution < -0.4 is 5.32 Å². The lowest BCUT2D eigenvalue weighted by molar-refractivity contribution is -0.143. The van der Waals surface area contributed by atoms with Crippen LogP contribution in [-0.2, 0) is 4.79 Å². The summed E-state index contributed by atoms with van der Waals surface area (Å²) in [5, 5.41) is 11.9. The minimum atomic E-state index is -0.807. The molecule has 1 rings (SSSR count). The predicted octanol–water partition coefficient (Wildman–Crippen LogP) is 0.833. The second-order valence-electron chi connectivity index (χ2n) is 5.57. The predicted molar refractivity (Wildman–Crippen MR) is 73.1 cm³/mol. The van der Waals surface area contributed by atoms with Gasteiger partial charge in [0.05, 0.1) is 5.92 Å². The summed E-state index contributed by atoms with van der Waals surface area (Å²) in [6.07, 6.45) is 2.31. The molecule has 0 aromatic carbocycles. The maximum atomic E-state index is 12.0. The van der Waals surface area contributed by atoms with Gasteiger partial charge < -0.3 is 20.2 Å². The molecule has 1 aliphatic rings. The number of nitrogens with one attached hydrogen (secondary N) is 1. The van der Waals surface area contributed by atoms with Gasteiger partial charge in [0.2, 0.25) is 0 Å². The fraction of sp³-hybridized carbons (Fsp3) is 0.846. The molecule has 0 aromatic heterocycles. The van der Waals surface area contributed by atoms with E-state index in [1.54, 1.807) is 4.90 Å². The van der Waals surface area contributed by atoms with Gasteiger partial charge in [-0.15, -0.1) is 0 Å². The first-order chi connectivity index (χ1) is 8.90. The number of carbonyl (C=O) groups is 2. The van der Waals surface area contributed by atoms with Crippen molar-refractivity contribution in [3.05, 3.63) is 0 Å². The van der Waals surface area contributed by atoms with Gasteiger partial charge in [-0.05, 0) is 46.8 Å². The van der Waals surface area contributed by atoms with Gasteiger partial charge in [-0.3, -0.25) is 4.79 Å². The Morgan fingerprint density at radius 3 is 2.74 bits per heavy atom. The van der Waals surface area contributed by atoms with Crippen LogP contribution in [0.5, 0.6) is 0 Å². The number of carboxylic acid groups (broad SMARTS) is 1. The Morgan fingerprint density at radius 1 is 1.47 bits per heavy atom. The molecule has 1 fully saturated rings. The first-order valence-electron chi connectivity index (χ1n) is 6.83. The fourth-order valence-corrected chi connectivity index (χ4v) is 2.19. The number of nitrogens with zero attached hydrogens (tertiary/aromatic N) is 2. The Kier molecular flexibility index (Phi) is 6.08. The van der Waals surface area contributed by atoms with Crippen LogP contribution in [0.1, 0.15) is 26.2 Å². The SMILES string of the molecule is CC(CCN(C)C)NC(=O)N1CCC[C@@H](C(=O)O)C1. The van der Waals surface area contributed by atoms with E-state index in [0.29, 0.717) is 19.5 Å². The normalized spacial score (nSPS) is 21.3. The van der Waals surface area contributed by atoms with Crippen LogP contribution in [0.3, 0.4) is 0 Å². The average Bonchev–Trinajstić information content (AvgIpc) is 2.36. The number of carboxylic acids is 1. The lowest BCUT2D eigenvalue weighted by atomic mass is 9.99. The number of hydrogen-bond donors (Lipinski definition) is 2. The molecular weight excluding hydrogens is 246 g/mol. The molecule has 110 valence electrons. The van der Waals surface area contributed by atoms with Gasteiger partial charge in [0, 0.05) is 19.1 Å². The Hall–Kier alpha value is -1.30. The van der Waals surface area contributed by atoms with Crippen molar-refractivity contribution in [3.8, 4) is 0 Å². The maximum absolute atomic E-state index is 12.0. The zero-order valence-corrected chi connectivity index (χ0v) is 12.1. The molecule has 1 aliphatic heterocycles. The molecule has 0 radical (unpaired) electrons. The number of hydrogen-bond acceptors (Lipinski definition) is 3. The van der Waals surface area contributed by atoms with Crippen molar-refractivity contribution >= 4 is 12.0 Å². The first-order valence-corrected chi connectivity index (χ1v) is 6.83. The van der Waals surface area contributed by atoms with E-state index < -0.39 is 11.9 Å². The highest BCUT2D eigenvalue weighted by molar-refractivity contribution is 5.76. The zero-order chi connectivity index (χ0) is 14.4. The summed E-state index contributed by atoms with van der Waals surface area (Å²) in [6, 6.07) is -0.0442. The quantitative estimate of drug-likeness (QED) is 0.777. The van der Waals surface area contributed by atoms with Gasteiger partial charge in [-0.25, -0.2) is 4.79 Å². The van der Waals surface area contributed by atoms with E-state index in [0.717, 1.165) is 19.4 Å². The Bertz CT molecular complexity index is 320. The van der Waals surface area contributed by atoms with E-state index in [-0.39, 0.29) is 12.1 Å². The molecule has 19 heavy (non-hydrogen) atoms. The van der Waals surface area contributed by atoms with Crippen molar-refractivity contribution < 1.29 is 14.7 Å². The smallest absolute Gasteiger partial charge is 0.317 e. The van der Waals surface area contributed by atoms with Gasteiger partial charge >= 0.3 is 12.0 Å². The molecule has 0 bridgehead atoms. The Balaban J connectivity index is 2.38. The van der Waals surface area contributed by atoms with Gasteiger partial charge in [0.15, 0.2) is 0 Å². The maximum Gasteiger partial charge on any atom is 0.317 e. The summed E-state index contributed by atoms with van der Waals surface area (Å²) in [7, 11) is 3.99. The van der Waals surface area contributed by atoms with Crippen LogP contribution in [0.4, 0.5) is 4.79 Å². The van der Waals surface area contributed by atoms with Crippen molar-refractivity contribution in [3.63, 3.8) is 0 Å². The molecular formula is C13H25N3O3. The molecule has 1 unspecified atom stereocenters. The lowest BCUT2D eigenvalue weighted by Crippen LogP contribution is -2.49. The molecule has 1 saturated heterocycles. The van der Waals surface area contributed by atoms with Crippen LogP contribution in [0.25, 0.3) is 0 Å². The van der Waals surface area contributed by atoms with Crippen LogP contribution >= 0.6 is 0 Å². The third-order valence-electron chi connectivity index (χ3n) is 3.44. The van der Waals surface area contributed by atoms with E-state index in [9.17, 15) is 9.59 Å². The monoisotopic (exact) mass is 271 g/mol. The molecule has 1 heterocycles. The topological polar surface area (TPSA) is 72.9 Å². The molecule has 0 aliphatic carbocycles. The molecule has 2 atom stereocenters. The number of likely N-dealkylation sites (tertiary alicyclic amines) is 1. The van der Waals surface area contributed by atoms with Crippen molar-refractivity contribution in [1.82, 2.24) is 15.1 Å². The first kappa shape index (κ1) is 15.8. The standard InChI is InChI=1S/C13H25N3O3/c1-10(6-8-15(2)3)14-13(19)16-7-4-5-11(9-16)12(17)18/h10-11H,4-9H2,1-3H3,(H,14,19)(H,17,18)/t10?,11-/m1/s1. The molecule has 0 spiro atoms. The highest BCUT2D eigenvalue weighted by Crippen LogP contribution is 2.16. The summed E-state index contributed by atoms with van der Waals surface area (Å²) in [5.74, 6) is -1.23. The summed E-state index contributed by atoms with van der Waals surface area (Å²) >= 11 is 0. The number of amides is 2. The molecule has 6 nitrogen and oxygen atoms in total. The Morgan fingerprint density at radius 2 is 2.16 bits per heavy atom. The van der Waals surface area contributed by atoms with Crippen LogP contribution in [0, 0.1) is 5.92 Å². The minimum absolute atomic E-state index is 0.0973. The third kappa shape index (κ3) is 5.46. The summed E-state index contributed by atoms with van der Waals surface area (Å²) < 4.78 is 0. The van der Waals surface area contributed by atoms with Crippen LogP contribution in [-0.4, -0.2) is 66.7 Å². The third-order valence-corrected chi connectivity index (χ3v) is 3.44. The zero-order valence-electron chi connectivity index (χ0n) is 12.1. The fourth-order valence-electron chi connectivity index (χ4n) is 2.19. The Labute approximate surface area is 114 Å². The van der Waals surface area contributed by atoms with Crippen molar-refractivity contribution in [1.29, 1.82) is 0 Å².